The smallest absolute Gasteiger partial charge is 0.256 e. The molecule has 2 rings (SSSR count). The Hall–Kier alpha value is -1.13. The van der Waals surface area contributed by atoms with E-state index in [2.05, 4.69) is 5.32 Å². The largest absolute Gasteiger partial charge is 0.337 e. The van der Waals surface area contributed by atoms with Gasteiger partial charge in [-0.2, -0.15) is 0 Å². The van der Waals surface area contributed by atoms with Crippen molar-refractivity contribution >= 4 is 18.3 Å². The third-order valence-corrected chi connectivity index (χ3v) is 3.24. The first-order valence-electron chi connectivity index (χ1n) is 5.92. The minimum Gasteiger partial charge on any atom is -0.337 e. The first kappa shape index (κ1) is 14.9. The molecule has 0 spiro atoms. The molecule has 0 unspecified atom stereocenters. The van der Waals surface area contributed by atoms with Gasteiger partial charge < -0.3 is 10.2 Å². The number of carbonyl (C=O) groups excluding carboxylic acids is 1. The molecule has 100 valence electrons. The van der Waals surface area contributed by atoms with Gasteiger partial charge in [0.15, 0.2) is 0 Å². The number of hydrogen-bond acceptors (Lipinski definition) is 2. The molecule has 0 aromatic heterocycles. The summed E-state index contributed by atoms with van der Waals surface area (Å²) in [5.41, 5.74) is 0.153. The average Bonchev–Trinajstić information content (AvgIpc) is 2.39. The molecule has 0 aliphatic carbocycles. The fraction of sp³-hybridized carbons (Fsp3) is 0.462. The van der Waals surface area contributed by atoms with Gasteiger partial charge in [-0.3, -0.25) is 4.79 Å². The topological polar surface area (TPSA) is 32.3 Å². The van der Waals surface area contributed by atoms with Crippen molar-refractivity contribution < 1.29 is 9.18 Å². The molecule has 1 N–H and O–H groups in total. The Labute approximate surface area is 113 Å². The number of hydrogen-bond donors (Lipinski definition) is 1. The number of benzene rings is 1. The van der Waals surface area contributed by atoms with Gasteiger partial charge in [0, 0.05) is 19.6 Å². The summed E-state index contributed by atoms with van der Waals surface area (Å²) in [5, 5.41) is 3.25. The molecule has 1 amide bonds. The highest BCUT2D eigenvalue weighted by Gasteiger charge is 2.24. The van der Waals surface area contributed by atoms with Crippen LogP contribution in [0, 0.1) is 5.82 Å². The molecule has 18 heavy (non-hydrogen) atoms. The lowest BCUT2D eigenvalue weighted by molar-refractivity contribution is 0.0703. The fourth-order valence-corrected chi connectivity index (χ4v) is 2.15. The first-order chi connectivity index (χ1) is 8.20. The van der Waals surface area contributed by atoms with Gasteiger partial charge in [0.25, 0.3) is 5.91 Å². The van der Waals surface area contributed by atoms with Crippen LogP contribution in [0.3, 0.4) is 0 Å². The standard InChI is InChI=1S/C13H17FN2O.ClH/c1-16(10-5-4-8-15-9-10)13(17)11-6-2-3-7-12(11)14;/h2-3,6-7,10,15H,4-5,8-9H2,1H3;1H/t10-;/m0./s1. The van der Waals surface area contributed by atoms with Crippen LogP contribution in [0.15, 0.2) is 24.3 Å². The molecule has 1 aromatic carbocycles. The van der Waals surface area contributed by atoms with E-state index in [1.54, 1.807) is 24.1 Å². The molecule has 0 saturated carbocycles. The van der Waals surface area contributed by atoms with Crippen molar-refractivity contribution in [3.63, 3.8) is 0 Å². The molecule has 1 atom stereocenters. The minimum absolute atomic E-state index is 0. The van der Waals surface area contributed by atoms with Crippen molar-refractivity contribution in [3.8, 4) is 0 Å². The average molecular weight is 273 g/mol. The summed E-state index contributed by atoms with van der Waals surface area (Å²) in [5.74, 6) is -0.690. The maximum atomic E-state index is 13.5. The highest BCUT2D eigenvalue weighted by molar-refractivity contribution is 5.94. The van der Waals surface area contributed by atoms with Crippen LogP contribution in [0.2, 0.25) is 0 Å². The van der Waals surface area contributed by atoms with Gasteiger partial charge in [-0.15, -0.1) is 12.4 Å². The lowest BCUT2D eigenvalue weighted by atomic mass is 10.1. The second kappa shape index (κ2) is 6.71. The van der Waals surface area contributed by atoms with E-state index >= 15 is 0 Å². The van der Waals surface area contributed by atoms with E-state index in [9.17, 15) is 9.18 Å². The first-order valence-corrected chi connectivity index (χ1v) is 5.92. The summed E-state index contributed by atoms with van der Waals surface area (Å²) in [6, 6.07) is 6.29. The number of halogens is 2. The summed E-state index contributed by atoms with van der Waals surface area (Å²) in [6.07, 6.45) is 2.03. The molecule has 0 bridgehead atoms. The van der Waals surface area contributed by atoms with Gasteiger partial charge >= 0.3 is 0 Å². The van der Waals surface area contributed by atoms with Crippen LogP contribution in [0.5, 0.6) is 0 Å². The maximum Gasteiger partial charge on any atom is 0.256 e. The zero-order valence-electron chi connectivity index (χ0n) is 10.4. The van der Waals surface area contributed by atoms with Gasteiger partial charge in [-0.1, -0.05) is 12.1 Å². The Bertz CT molecular complexity index is 408. The second-order valence-corrected chi connectivity index (χ2v) is 4.40. The van der Waals surface area contributed by atoms with Gasteiger partial charge in [-0.25, -0.2) is 4.39 Å². The van der Waals surface area contributed by atoms with Crippen molar-refractivity contribution in [2.24, 2.45) is 0 Å². The van der Waals surface area contributed by atoms with Crippen LogP contribution in [0.1, 0.15) is 23.2 Å². The van der Waals surface area contributed by atoms with E-state index in [4.69, 9.17) is 0 Å². The number of rotatable bonds is 2. The quantitative estimate of drug-likeness (QED) is 0.894. The molecule has 0 radical (unpaired) electrons. The normalized spacial score (nSPS) is 18.9. The van der Waals surface area contributed by atoms with Gasteiger partial charge in [0.2, 0.25) is 0 Å². The molecule has 1 aliphatic heterocycles. The molecule has 1 fully saturated rings. The van der Waals surface area contributed by atoms with Crippen LogP contribution in [0.4, 0.5) is 4.39 Å². The van der Waals surface area contributed by atoms with Crippen LogP contribution >= 0.6 is 12.4 Å². The van der Waals surface area contributed by atoms with E-state index in [1.807, 2.05) is 0 Å². The number of nitrogens with one attached hydrogen (secondary N) is 1. The van der Waals surface area contributed by atoms with E-state index in [-0.39, 0.29) is 29.9 Å². The van der Waals surface area contributed by atoms with Crippen LogP contribution in [-0.4, -0.2) is 37.0 Å². The number of nitrogens with zero attached hydrogens (tertiary/aromatic N) is 1. The molecular weight excluding hydrogens is 255 g/mol. The van der Waals surface area contributed by atoms with Crippen molar-refractivity contribution in [2.75, 3.05) is 20.1 Å². The monoisotopic (exact) mass is 272 g/mol. The Kier molecular flexibility index (Phi) is 5.56. The van der Waals surface area contributed by atoms with Crippen molar-refractivity contribution in [2.45, 2.75) is 18.9 Å². The second-order valence-electron chi connectivity index (χ2n) is 4.40. The number of carbonyl (C=O) groups is 1. The predicted octanol–water partition coefficient (Wildman–Crippen LogP) is 2.07. The molecule has 5 heteroatoms. The summed E-state index contributed by atoms with van der Waals surface area (Å²) < 4.78 is 13.5. The summed E-state index contributed by atoms with van der Waals surface area (Å²) in [6.45, 7) is 1.79. The van der Waals surface area contributed by atoms with E-state index in [0.29, 0.717) is 0 Å². The number of amides is 1. The van der Waals surface area contributed by atoms with Gasteiger partial charge in [0.05, 0.1) is 5.56 Å². The van der Waals surface area contributed by atoms with Gasteiger partial charge in [-0.05, 0) is 31.5 Å². The third kappa shape index (κ3) is 3.21. The van der Waals surface area contributed by atoms with Gasteiger partial charge in [0.1, 0.15) is 5.82 Å². The summed E-state index contributed by atoms with van der Waals surface area (Å²) >= 11 is 0. The predicted molar refractivity (Wildman–Crippen MR) is 71.6 cm³/mol. The highest BCUT2D eigenvalue weighted by Crippen LogP contribution is 2.14. The molecule has 1 aromatic rings. The lowest BCUT2D eigenvalue weighted by Gasteiger charge is -2.31. The molecule has 1 aliphatic rings. The maximum absolute atomic E-state index is 13.5. The van der Waals surface area contributed by atoms with E-state index < -0.39 is 5.82 Å². The Morgan fingerprint density at radius 3 is 2.78 bits per heavy atom. The van der Waals surface area contributed by atoms with Crippen LogP contribution in [-0.2, 0) is 0 Å². The van der Waals surface area contributed by atoms with Crippen molar-refractivity contribution in [3.05, 3.63) is 35.6 Å². The highest BCUT2D eigenvalue weighted by atomic mass is 35.5. The summed E-state index contributed by atoms with van der Waals surface area (Å²) in [7, 11) is 1.74. The zero-order valence-corrected chi connectivity index (χ0v) is 11.2. The Balaban J connectivity index is 0.00000162. The van der Waals surface area contributed by atoms with Crippen LogP contribution in [0.25, 0.3) is 0 Å². The molecule has 3 nitrogen and oxygen atoms in total. The summed E-state index contributed by atoms with van der Waals surface area (Å²) in [4.78, 5) is 13.8. The van der Waals surface area contributed by atoms with E-state index in [0.717, 1.165) is 25.9 Å². The third-order valence-electron chi connectivity index (χ3n) is 3.24. The van der Waals surface area contributed by atoms with Crippen molar-refractivity contribution in [1.29, 1.82) is 0 Å². The van der Waals surface area contributed by atoms with Crippen molar-refractivity contribution in [1.82, 2.24) is 10.2 Å². The van der Waals surface area contributed by atoms with E-state index in [1.165, 1.54) is 12.1 Å². The Morgan fingerprint density at radius 2 is 2.17 bits per heavy atom. The SMILES string of the molecule is CN(C(=O)c1ccccc1F)[C@H]1CCCNC1.Cl. The number of likely N-dealkylation sites (N-methyl/N-ethyl adjacent to an activating group) is 1. The number of piperidine rings is 1. The molecular formula is C13H18ClFN2O. The zero-order chi connectivity index (χ0) is 12.3. The lowest BCUT2D eigenvalue weighted by Crippen LogP contribution is -2.46. The Morgan fingerprint density at radius 1 is 1.44 bits per heavy atom. The minimum atomic E-state index is -0.451. The molecule has 1 saturated heterocycles. The molecule has 1 heterocycles. The van der Waals surface area contributed by atoms with Crippen LogP contribution < -0.4 is 5.32 Å². The fourth-order valence-electron chi connectivity index (χ4n) is 2.15.